The van der Waals surface area contributed by atoms with Crippen molar-refractivity contribution in [3.8, 4) is 0 Å². The number of carboxylic acid groups (broad SMARTS) is 1. The summed E-state index contributed by atoms with van der Waals surface area (Å²) in [6, 6.07) is 3.35. The number of furan rings is 1. The highest BCUT2D eigenvalue weighted by Crippen LogP contribution is 2.11. The van der Waals surface area contributed by atoms with Crippen LogP contribution in [0.25, 0.3) is 0 Å². The van der Waals surface area contributed by atoms with Gasteiger partial charge in [-0.25, -0.2) is 22.3 Å². The molecule has 2 rings (SSSR count). The van der Waals surface area contributed by atoms with Crippen molar-refractivity contribution in [2.24, 2.45) is 0 Å². The molecule has 0 bridgehead atoms. The number of nitrogens with one attached hydrogen (secondary N) is 1. The van der Waals surface area contributed by atoms with Gasteiger partial charge < -0.3 is 9.52 Å². The molecule has 0 spiro atoms. The second-order valence-corrected chi connectivity index (χ2v) is 5.50. The van der Waals surface area contributed by atoms with Gasteiger partial charge in [-0.3, -0.25) is 4.98 Å². The summed E-state index contributed by atoms with van der Waals surface area (Å²) in [6.07, 6.45) is 1.88. The predicted octanol–water partition coefficient (Wildman–Crippen LogP) is 0.990. The lowest BCUT2D eigenvalue weighted by Crippen LogP contribution is -2.23. The van der Waals surface area contributed by atoms with E-state index in [0.29, 0.717) is 0 Å². The molecule has 0 aliphatic heterocycles. The Labute approximate surface area is 113 Å². The van der Waals surface area contributed by atoms with Crippen molar-refractivity contribution in [1.82, 2.24) is 9.71 Å². The van der Waals surface area contributed by atoms with E-state index in [1.807, 2.05) is 0 Å². The Hall–Kier alpha value is -2.26. The maximum atomic E-state index is 12.9. The topological polar surface area (TPSA) is 110 Å². The average molecular weight is 300 g/mol. The predicted molar refractivity (Wildman–Crippen MR) is 63.9 cm³/mol. The molecule has 0 unspecified atom stereocenters. The van der Waals surface area contributed by atoms with Crippen LogP contribution >= 0.6 is 0 Å². The minimum absolute atomic E-state index is 0.121. The fourth-order valence-electron chi connectivity index (χ4n) is 1.38. The van der Waals surface area contributed by atoms with Gasteiger partial charge in [-0.1, -0.05) is 0 Å². The summed E-state index contributed by atoms with van der Waals surface area (Å²) in [6.45, 7) is -0.258. The summed E-state index contributed by atoms with van der Waals surface area (Å²) in [7, 11) is -3.95. The Balaban J connectivity index is 2.11. The van der Waals surface area contributed by atoms with Crippen LogP contribution in [0.3, 0.4) is 0 Å². The Morgan fingerprint density at radius 2 is 2.15 bits per heavy atom. The van der Waals surface area contributed by atoms with Crippen LogP contribution in [0.2, 0.25) is 0 Å². The number of nitrogens with zero attached hydrogens (tertiary/aromatic N) is 1. The third-order valence-corrected chi connectivity index (χ3v) is 3.67. The van der Waals surface area contributed by atoms with Gasteiger partial charge in [-0.2, -0.15) is 0 Å². The Morgan fingerprint density at radius 1 is 1.40 bits per heavy atom. The highest BCUT2D eigenvalue weighted by molar-refractivity contribution is 7.89. The number of pyridine rings is 1. The largest absolute Gasteiger partial charge is 0.475 e. The molecule has 0 amide bonds. The lowest BCUT2D eigenvalue weighted by Gasteiger charge is -2.04. The molecule has 9 heteroatoms. The molecule has 7 nitrogen and oxygen atoms in total. The van der Waals surface area contributed by atoms with Crippen LogP contribution in [0, 0.1) is 5.82 Å². The number of hydrogen-bond donors (Lipinski definition) is 2. The zero-order valence-corrected chi connectivity index (χ0v) is 10.7. The SMILES string of the molecule is O=C(O)c1ccc(CNS(=O)(=O)c2cncc(F)c2)o1. The minimum atomic E-state index is -3.95. The van der Waals surface area contributed by atoms with E-state index in [0.717, 1.165) is 18.5 Å². The summed E-state index contributed by atoms with van der Waals surface area (Å²) in [5.41, 5.74) is 0. The monoisotopic (exact) mass is 300 g/mol. The Bertz CT molecular complexity index is 741. The summed E-state index contributed by atoms with van der Waals surface area (Å²) >= 11 is 0. The molecule has 2 N–H and O–H groups in total. The van der Waals surface area contributed by atoms with E-state index in [9.17, 15) is 17.6 Å². The summed E-state index contributed by atoms with van der Waals surface area (Å²) < 4.78 is 43.6. The number of halogens is 1. The molecule has 0 aromatic carbocycles. The van der Waals surface area contributed by atoms with E-state index >= 15 is 0 Å². The van der Waals surface area contributed by atoms with Crippen LogP contribution in [0.1, 0.15) is 16.3 Å². The molecule has 20 heavy (non-hydrogen) atoms. The van der Waals surface area contributed by atoms with Crippen LogP contribution in [-0.2, 0) is 16.6 Å². The first-order chi connectivity index (χ1) is 9.38. The number of aromatic nitrogens is 1. The van der Waals surface area contributed by atoms with E-state index < -0.39 is 21.8 Å². The van der Waals surface area contributed by atoms with Gasteiger partial charge in [-0.05, 0) is 18.2 Å². The van der Waals surface area contributed by atoms with Crippen LogP contribution in [-0.4, -0.2) is 24.5 Å². The average Bonchev–Trinajstić information content (AvgIpc) is 2.85. The second kappa shape index (κ2) is 5.39. The van der Waals surface area contributed by atoms with Gasteiger partial charge in [0.25, 0.3) is 0 Å². The fraction of sp³-hybridized carbons (Fsp3) is 0.0909. The van der Waals surface area contributed by atoms with Gasteiger partial charge in [-0.15, -0.1) is 0 Å². The van der Waals surface area contributed by atoms with Gasteiger partial charge in [0.2, 0.25) is 15.8 Å². The molecule has 0 aliphatic rings. The molecule has 2 aromatic heterocycles. The number of hydrogen-bond acceptors (Lipinski definition) is 5. The van der Waals surface area contributed by atoms with Crippen molar-refractivity contribution in [1.29, 1.82) is 0 Å². The Morgan fingerprint density at radius 3 is 2.75 bits per heavy atom. The van der Waals surface area contributed by atoms with Crippen molar-refractivity contribution in [2.75, 3.05) is 0 Å². The van der Waals surface area contributed by atoms with Crippen LogP contribution < -0.4 is 4.72 Å². The van der Waals surface area contributed by atoms with Crippen molar-refractivity contribution in [3.63, 3.8) is 0 Å². The molecule has 2 heterocycles. The van der Waals surface area contributed by atoms with Gasteiger partial charge in [0, 0.05) is 6.20 Å². The third-order valence-electron chi connectivity index (χ3n) is 2.30. The van der Waals surface area contributed by atoms with Gasteiger partial charge in [0.05, 0.1) is 12.7 Å². The Kier molecular flexibility index (Phi) is 3.81. The minimum Gasteiger partial charge on any atom is -0.475 e. The molecule has 0 fully saturated rings. The lowest BCUT2D eigenvalue weighted by molar-refractivity contribution is 0.0660. The van der Waals surface area contributed by atoms with E-state index in [1.165, 1.54) is 12.1 Å². The highest BCUT2D eigenvalue weighted by atomic mass is 32.2. The fourth-order valence-corrected chi connectivity index (χ4v) is 2.34. The first kappa shape index (κ1) is 14.2. The van der Waals surface area contributed by atoms with Crippen molar-refractivity contribution in [3.05, 3.63) is 47.9 Å². The first-order valence-electron chi connectivity index (χ1n) is 5.31. The van der Waals surface area contributed by atoms with Crippen molar-refractivity contribution >= 4 is 16.0 Å². The van der Waals surface area contributed by atoms with Gasteiger partial charge in [0.1, 0.15) is 16.5 Å². The van der Waals surface area contributed by atoms with Crippen LogP contribution in [0.15, 0.2) is 39.9 Å². The molecule has 0 saturated heterocycles. The number of aromatic carboxylic acids is 1. The van der Waals surface area contributed by atoms with E-state index in [2.05, 4.69) is 9.71 Å². The second-order valence-electron chi connectivity index (χ2n) is 3.73. The van der Waals surface area contributed by atoms with E-state index in [1.54, 1.807) is 0 Å². The van der Waals surface area contributed by atoms with Crippen molar-refractivity contribution in [2.45, 2.75) is 11.4 Å². The normalized spacial score (nSPS) is 11.4. The third kappa shape index (κ3) is 3.19. The van der Waals surface area contributed by atoms with Gasteiger partial charge >= 0.3 is 5.97 Å². The molecule has 2 aromatic rings. The highest BCUT2D eigenvalue weighted by Gasteiger charge is 2.16. The lowest BCUT2D eigenvalue weighted by atomic mass is 10.4. The summed E-state index contributed by atoms with van der Waals surface area (Å²) in [5.74, 6) is -2.21. The molecule has 0 aliphatic carbocycles. The van der Waals surface area contributed by atoms with Crippen molar-refractivity contribution < 1.29 is 27.1 Å². The standard InChI is InChI=1S/C11H9FN2O5S/c12-7-3-9(6-13-4-7)20(17,18)14-5-8-1-2-10(19-8)11(15)16/h1-4,6,14H,5H2,(H,15,16). The summed E-state index contributed by atoms with van der Waals surface area (Å²) in [4.78, 5) is 13.7. The maximum Gasteiger partial charge on any atom is 0.371 e. The van der Waals surface area contributed by atoms with E-state index in [-0.39, 0.29) is 23.0 Å². The quantitative estimate of drug-likeness (QED) is 0.852. The summed E-state index contributed by atoms with van der Waals surface area (Å²) in [5, 5.41) is 8.65. The molecule has 0 saturated carbocycles. The smallest absolute Gasteiger partial charge is 0.371 e. The molecule has 0 atom stereocenters. The molecular weight excluding hydrogens is 291 g/mol. The van der Waals surface area contributed by atoms with E-state index in [4.69, 9.17) is 9.52 Å². The number of carboxylic acids is 1. The zero-order chi connectivity index (χ0) is 14.8. The number of rotatable bonds is 5. The van der Waals surface area contributed by atoms with Crippen LogP contribution in [0.4, 0.5) is 4.39 Å². The van der Waals surface area contributed by atoms with Gasteiger partial charge in [0.15, 0.2) is 0 Å². The number of carbonyl (C=O) groups is 1. The molecular formula is C11H9FN2O5S. The van der Waals surface area contributed by atoms with Crippen LogP contribution in [0.5, 0.6) is 0 Å². The molecule has 106 valence electrons. The zero-order valence-electron chi connectivity index (χ0n) is 9.91. The molecule has 0 radical (unpaired) electrons. The first-order valence-corrected chi connectivity index (χ1v) is 6.79. The maximum absolute atomic E-state index is 12.9. The number of sulfonamides is 1.